The molecule has 5 nitrogen and oxygen atoms in total. The van der Waals surface area contributed by atoms with Crippen LogP contribution in [0.2, 0.25) is 0 Å². The van der Waals surface area contributed by atoms with Crippen molar-refractivity contribution in [2.45, 2.75) is 6.92 Å². The number of ether oxygens (including phenoxy) is 1. The summed E-state index contributed by atoms with van der Waals surface area (Å²) in [6.45, 7) is 2.57. The van der Waals surface area contributed by atoms with Crippen molar-refractivity contribution in [1.29, 1.82) is 0 Å². The second-order valence-corrected chi connectivity index (χ2v) is 3.22. The van der Waals surface area contributed by atoms with Gasteiger partial charge in [-0.3, -0.25) is 0 Å². The molecule has 0 spiro atoms. The molecule has 1 N–H and O–H groups in total. The van der Waals surface area contributed by atoms with E-state index in [0.717, 1.165) is 0 Å². The fourth-order valence-electron chi connectivity index (χ4n) is 0.903. The molecule has 0 radical (unpaired) electrons. The van der Waals surface area contributed by atoms with E-state index in [1.165, 1.54) is 13.3 Å². The zero-order chi connectivity index (χ0) is 10.6. The number of hydrogen-bond acceptors (Lipinski definition) is 5. The van der Waals surface area contributed by atoms with Crippen molar-refractivity contribution in [3.05, 3.63) is 16.5 Å². The van der Waals surface area contributed by atoms with Gasteiger partial charge in [0.25, 0.3) is 0 Å². The van der Waals surface area contributed by atoms with Crippen molar-refractivity contribution >= 4 is 27.7 Å². The molecule has 6 heteroatoms. The number of carbonyl (C=O) groups is 1. The van der Waals surface area contributed by atoms with E-state index in [0.29, 0.717) is 17.0 Å². The van der Waals surface area contributed by atoms with Crippen LogP contribution in [0.5, 0.6) is 0 Å². The smallest absolute Gasteiger partial charge is 0.360 e. The van der Waals surface area contributed by atoms with Crippen LogP contribution in [0, 0.1) is 0 Å². The van der Waals surface area contributed by atoms with Gasteiger partial charge >= 0.3 is 5.97 Å². The van der Waals surface area contributed by atoms with Crippen LogP contribution in [0.3, 0.4) is 0 Å². The number of carbonyl (C=O) groups excluding carboxylic acids is 1. The summed E-state index contributed by atoms with van der Waals surface area (Å²) in [6.07, 6.45) is 1.52. The minimum absolute atomic E-state index is 0.184. The van der Waals surface area contributed by atoms with E-state index in [1.54, 1.807) is 0 Å². The number of hydrogen-bond donors (Lipinski definition) is 1. The van der Waals surface area contributed by atoms with Gasteiger partial charge in [0.05, 0.1) is 13.3 Å². The van der Waals surface area contributed by atoms with E-state index in [2.05, 4.69) is 36.0 Å². The molecule has 1 aromatic heterocycles. The van der Waals surface area contributed by atoms with Crippen LogP contribution >= 0.6 is 15.9 Å². The van der Waals surface area contributed by atoms with Crippen LogP contribution in [-0.2, 0) is 4.74 Å². The highest BCUT2D eigenvalue weighted by molar-refractivity contribution is 9.10. The van der Waals surface area contributed by atoms with Gasteiger partial charge in [-0.15, -0.1) is 0 Å². The molecular formula is C8H10BrN3O2. The Bertz CT molecular complexity index is 343. The van der Waals surface area contributed by atoms with Gasteiger partial charge < -0.3 is 10.1 Å². The number of nitrogens with zero attached hydrogens (tertiary/aromatic N) is 2. The fourth-order valence-corrected chi connectivity index (χ4v) is 1.18. The van der Waals surface area contributed by atoms with Crippen LogP contribution in [-0.4, -0.2) is 29.6 Å². The lowest BCUT2D eigenvalue weighted by molar-refractivity contribution is 0.0594. The van der Waals surface area contributed by atoms with Crippen LogP contribution in [0.4, 0.5) is 5.82 Å². The number of anilines is 1. The van der Waals surface area contributed by atoms with Crippen molar-refractivity contribution in [2.75, 3.05) is 19.0 Å². The Morgan fingerprint density at radius 2 is 2.43 bits per heavy atom. The summed E-state index contributed by atoms with van der Waals surface area (Å²) in [4.78, 5) is 19.3. The first-order valence-corrected chi connectivity index (χ1v) is 4.83. The molecule has 76 valence electrons. The van der Waals surface area contributed by atoms with E-state index in [9.17, 15) is 4.79 Å². The topological polar surface area (TPSA) is 64.1 Å². The van der Waals surface area contributed by atoms with Crippen molar-refractivity contribution in [2.24, 2.45) is 0 Å². The Kier molecular flexibility index (Phi) is 3.82. The third-order valence-corrected chi connectivity index (χ3v) is 1.85. The molecule has 1 heterocycles. The van der Waals surface area contributed by atoms with Gasteiger partial charge in [0, 0.05) is 6.54 Å². The molecule has 0 aliphatic heterocycles. The monoisotopic (exact) mass is 259 g/mol. The molecule has 0 aromatic carbocycles. The number of esters is 1. The second kappa shape index (κ2) is 4.90. The molecule has 0 fully saturated rings. The minimum Gasteiger partial charge on any atom is -0.464 e. The van der Waals surface area contributed by atoms with Gasteiger partial charge in [-0.05, 0) is 22.9 Å². The molecule has 14 heavy (non-hydrogen) atoms. The van der Waals surface area contributed by atoms with E-state index < -0.39 is 5.97 Å². The Hall–Kier alpha value is -1.17. The summed E-state index contributed by atoms with van der Waals surface area (Å²) >= 11 is 3.14. The third kappa shape index (κ3) is 2.41. The number of aromatic nitrogens is 2. The molecule has 0 atom stereocenters. The molecule has 0 saturated carbocycles. The predicted molar refractivity (Wildman–Crippen MR) is 55.2 cm³/mol. The van der Waals surface area contributed by atoms with Gasteiger partial charge in [0.15, 0.2) is 11.5 Å². The maximum Gasteiger partial charge on any atom is 0.360 e. The highest BCUT2D eigenvalue weighted by Crippen LogP contribution is 2.14. The SMILES string of the molecule is CCNc1ncc(Br)nc1C(=O)OC. The van der Waals surface area contributed by atoms with Gasteiger partial charge in [0.1, 0.15) is 4.60 Å². The van der Waals surface area contributed by atoms with Crippen LogP contribution < -0.4 is 5.32 Å². The molecule has 0 amide bonds. The first-order chi connectivity index (χ1) is 6.69. The van der Waals surface area contributed by atoms with E-state index >= 15 is 0 Å². The van der Waals surface area contributed by atoms with Crippen LogP contribution in [0.25, 0.3) is 0 Å². The van der Waals surface area contributed by atoms with Gasteiger partial charge in [-0.1, -0.05) is 0 Å². The highest BCUT2D eigenvalue weighted by atomic mass is 79.9. The fraction of sp³-hybridized carbons (Fsp3) is 0.375. The van der Waals surface area contributed by atoms with Crippen molar-refractivity contribution in [3.8, 4) is 0 Å². The normalized spacial score (nSPS) is 9.64. The summed E-state index contributed by atoms with van der Waals surface area (Å²) in [5, 5.41) is 2.92. The Morgan fingerprint density at radius 3 is 3.00 bits per heavy atom. The predicted octanol–water partition coefficient (Wildman–Crippen LogP) is 1.46. The van der Waals surface area contributed by atoms with Crippen LogP contribution in [0.15, 0.2) is 10.8 Å². The summed E-state index contributed by atoms with van der Waals surface area (Å²) < 4.78 is 5.08. The second-order valence-electron chi connectivity index (χ2n) is 2.41. The molecule has 0 aliphatic carbocycles. The standard InChI is InChI=1S/C8H10BrN3O2/c1-3-10-7-6(8(13)14-2)12-5(9)4-11-7/h4H,3H2,1-2H3,(H,10,11). The van der Waals surface area contributed by atoms with Gasteiger partial charge in [-0.25, -0.2) is 14.8 Å². The summed E-state index contributed by atoms with van der Waals surface area (Å²) in [7, 11) is 1.31. The van der Waals surface area contributed by atoms with Crippen molar-refractivity contribution in [1.82, 2.24) is 9.97 Å². The summed E-state index contributed by atoms with van der Waals surface area (Å²) in [5.74, 6) is -0.0719. The highest BCUT2D eigenvalue weighted by Gasteiger charge is 2.14. The lowest BCUT2D eigenvalue weighted by atomic mass is 10.4. The van der Waals surface area contributed by atoms with Crippen molar-refractivity contribution in [3.63, 3.8) is 0 Å². The molecule has 1 rings (SSSR count). The number of rotatable bonds is 3. The summed E-state index contributed by atoms with van der Waals surface area (Å²) in [5.41, 5.74) is 0.184. The Morgan fingerprint density at radius 1 is 1.71 bits per heavy atom. The van der Waals surface area contributed by atoms with Crippen molar-refractivity contribution < 1.29 is 9.53 Å². The Balaban J connectivity index is 3.08. The largest absolute Gasteiger partial charge is 0.464 e. The molecule has 0 unspecified atom stereocenters. The Labute approximate surface area is 90.0 Å². The summed E-state index contributed by atoms with van der Waals surface area (Å²) in [6, 6.07) is 0. The molecule has 0 saturated heterocycles. The number of nitrogens with one attached hydrogen (secondary N) is 1. The minimum atomic E-state index is -0.505. The third-order valence-electron chi connectivity index (χ3n) is 1.47. The quantitative estimate of drug-likeness (QED) is 0.833. The average Bonchev–Trinajstić information content (AvgIpc) is 2.20. The zero-order valence-electron chi connectivity index (χ0n) is 7.87. The van der Waals surface area contributed by atoms with Crippen LogP contribution in [0.1, 0.15) is 17.4 Å². The zero-order valence-corrected chi connectivity index (χ0v) is 9.46. The van der Waals surface area contributed by atoms with E-state index in [4.69, 9.17) is 0 Å². The van der Waals surface area contributed by atoms with Gasteiger partial charge in [-0.2, -0.15) is 0 Å². The maximum atomic E-state index is 11.3. The first-order valence-electron chi connectivity index (χ1n) is 4.03. The lowest BCUT2D eigenvalue weighted by Gasteiger charge is -2.06. The lowest BCUT2D eigenvalue weighted by Crippen LogP contribution is -2.12. The maximum absolute atomic E-state index is 11.3. The van der Waals surface area contributed by atoms with E-state index in [-0.39, 0.29) is 5.69 Å². The van der Waals surface area contributed by atoms with E-state index in [1.807, 2.05) is 6.92 Å². The van der Waals surface area contributed by atoms with Gasteiger partial charge in [0.2, 0.25) is 0 Å². The first kappa shape index (κ1) is 10.9. The molecular weight excluding hydrogens is 250 g/mol. The molecule has 0 bridgehead atoms. The number of halogens is 1. The number of methoxy groups -OCH3 is 1. The average molecular weight is 260 g/mol. The molecule has 0 aliphatic rings. The molecule has 1 aromatic rings.